The van der Waals surface area contributed by atoms with E-state index in [1.807, 2.05) is 60.7 Å². The van der Waals surface area contributed by atoms with E-state index < -0.39 is 18.0 Å². The number of rotatable bonds is 6. The minimum atomic E-state index is -0.690. The van der Waals surface area contributed by atoms with Gasteiger partial charge in [0.05, 0.1) is 12.6 Å². The fourth-order valence-electron chi connectivity index (χ4n) is 2.62. The summed E-state index contributed by atoms with van der Waals surface area (Å²) in [6.45, 7) is -0.241. The van der Waals surface area contributed by atoms with Gasteiger partial charge in [0.15, 0.2) is 6.61 Å². The van der Waals surface area contributed by atoms with Crippen molar-refractivity contribution in [2.45, 2.75) is 6.04 Å². The molecule has 0 aromatic heterocycles. The Bertz CT molecular complexity index is 802. The molecule has 0 spiro atoms. The molecule has 3 amide bonds. The molecule has 1 heterocycles. The molecule has 1 fully saturated rings. The van der Waals surface area contributed by atoms with Gasteiger partial charge in [0.1, 0.15) is 0 Å². The molecule has 6 nitrogen and oxygen atoms in total. The van der Waals surface area contributed by atoms with Gasteiger partial charge < -0.3 is 10.1 Å². The van der Waals surface area contributed by atoms with Gasteiger partial charge in [0, 0.05) is 6.08 Å². The van der Waals surface area contributed by atoms with Crippen LogP contribution in [-0.2, 0) is 14.3 Å². The van der Waals surface area contributed by atoms with Crippen LogP contribution in [0.2, 0.25) is 0 Å². The molecule has 1 atom stereocenters. The van der Waals surface area contributed by atoms with Crippen LogP contribution in [0.1, 0.15) is 17.2 Å². The highest BCUT2D eigenvalue weighted by molar-refractivity contribution is 5.98. The van der Waals surface area contributed by atoms with Crippen molar-refractivity contribution in [3.63, 3.8) is 0 Å². The molecule has 0 aliphatic carbocycles. The number of benzene rings is 2. The van der Waals surface area contributed by atoms with E-state index >= 15 is 0 Å². The summed E-state index contributed by atoms with van der Waals surface area (Å²) in [6.07, 6.45) is 2.44. The Labute approximate surface area is 151 Å². The number of ether oxygens (including phenoxy) is 1. The molecule has 0 radical (unpaired) electrons. The van der Waals surface area contributed by atoms with E-state index in [0.717, 1.165) is 16.0 Å². The van der Waals surface area contributed by atoms with Crippen LogP contribution in [0, 0.1) is 0 Å². The minimum Gasteiger partial charge on any atom is -0.439 e. The van der Waals surface area contributed by atoms with E-state index in [4.69, 9.17) is 4.74 Å². The summed E-state index contributed by atoms with van der Waals surface area (Å²) < 4.78 is 4.74. The highest BCUT2D eigenvalue weighted by atomic mass is 16.6. The first-order valence-electron chi connectivity index (χ1n) is 8.19. The van der Waals surface area contributed by atoms with Gasteiger partial charge in [-0.15, -0.1) is 0 Å². The van der Waals surface area contributed by atoms with Gasteiger partial charge in [-0.2, -0.15) is 0 Å². The second-order valence-electron chi connectivity index (χ2n) is 5.77. The van der Waals surface area contributed by atoms with Crippen LogP contribution in [0.4, 0.5) is 4.79 Å². The largest absolute Gasteiger partial charge is 0.439 e. The molecule has 1 aliphatic heterocycles. The maximum atomic E-state index is 12.3. The van der Waals surface area contributed by atoms with Crippen molar-refractivity contribution in [2.24, 2.45) is 0 Å². The summed E-state index contributed by atoms with van der Waals surface area (Å²) in [4.78, 5) is 36.8. The van der Waals surface area contributed by atoms with Crippen molar-refractivity contribution in [2.75, 3.05) is 13.2 Å². The first kappa shape index (κ1) is 17.4. The van der Waals surface area contributed by atoms with Gasteiger partial charge in [-0.1, -0.05) is 60.7 Å². The lowest BCUT2D eigenvalue weighted by Crippen LogP contribution is -2.40. The average molecular weight is 350 g/mol. The molecule has 132 valence electrons. The molecule has 0 saturated carbocycles. The van der Waals surface area contributed by atoms with Crippen LogP contribution in [-0.4, -0.2) is 36.0 Å². The molecule has 2 aromatic rings. The number of nitrogens with zero attached hydrogens (tertiary/aromatic N) is 1. The topological polar surface area (TPSA) is 75.7 Å². The van der Waals surface area contributed by atoms with E-state index in [1.165, 1.54) is 6.08 Å². The van der Waals surface area contributed by atoms with E-state index in [-0.39, 0.29) is 19.1 Å². The van der Waals surface area contributed by atoms with Crippen molar-refractivity contribution in [3.05, 3.63) is 77.9 Å². The standard InChI is InChI=1S/C20H18N2O4/c23-18(12-11-15-7-3-1-4-8-15)21-17(16-9-5-2-6-10-16)13-22-19(24)14-26-20(22)25/h1-12,17H,13-14H2,(H,21,23)/b12-11+. The number of carbonyl (C=O) groups excluding carboxylic acids is 3. The first-order valence-corrected chi connectivity index (χ1v) is 8.19. The Hall–Kier alpha value is -3.41. The van der Waals surface area contributed by atoms with E-state index in [0.29, 0.717) is 0 Å². The fourth-order valence-corrected chi connectivity index (χ4v) is 2.62. The lowest BCUT2D eigenvalue weighted by atomic mass is 10.1. The Kier molecular flexibility index (Phi) is 5.43. The Balaban J connectivity index is 1.73. The minimum absolute atomic E-state index is 0.0204. The number of imide groups is 1. The van der Waals surface area contributed by atoms with Crippen LogP contribution < -0.4 is 5.32 Å². The van der Waals surface area contributed by atoms with Gasteiger partial charge in [-0.25, -0.2) is 9.69 Å². The lowest BCUT2D eigenvalue weighted by molar-refractivity contribution is -0.126. The Morgan fingerprint density at radius 1 is 1.08 bits per heavy atom. The van der Waals surface area contributed by atoms with E-state index in [1.54, 1.807) is 6.08 Å². The first-order chi connectivity index (χ1) is 12.6. The number of nitrogens with one attached hydrogen (secondary N) is 1. The molecule has 1 N–H and O–H groups in total. The Morgan fingerprint density at radius 3 is 2.35 bits per heavy atom. The predicted octanol–water partition coefficient (Wildman–Crippen LogP) is 2.54. The summed E-state index contributed by atoms with van der Waals surface area (Å²) in [5.41, 5.74) is 1.69. The SMILES string of the molecule is O=C(/C=C/c1ccccc1)NC(CN1C(=O)COC1=O)c1ccccc1. The monoisotopic (exact) mass is 350 g/mol. The number of hydrogen-bond donors (Lipinski definition) is 1. The third kappa shape index (κ3) is 4.36. The third-order valence-electron chi connectivity index (χ3n) is 3.95. The predicted molar refractivity (Wildman–Crippen MR) is 95.9 cm³/mol. The highest BCUT2D eigenvalue weighted by Gasteiger charge is 2.33. The molecular formula is C20H18N2O4. The van der Waals surface area contributed by atoms with Crippen LogP contribution >= 0.6 is 0 Å². The summed E-state index contributed by atoms with van der Waals surface area (Å²) in [5.74, 6) is -0.729. The van der Waals surface area contributed by atoms with Crippen LogP contribution in [0.3, 0.4) is 0 Å². The molecule has 2 aromatic carbocycles. The maximum absolute atomic E-state index is 12.3. The third-order valence-corrected chi connectivity index (χ3v) is 3.95. The van der Waals surface area contributed by atoms with Crippen molar-refractivity contribution < 1.29 is 19.1 Å². The van der Waals surface area contributed by atoms with Gasteiger partial charge in [0.2, 0.25) is 5.91 Å². The number of hydrogen-bond acceptors (Lipinski definition) is 4. The molecule has 6 heteroatoms. The zero-order valence-electron chi connectivity index (χ0n) is 14.0. The second-order valence-corrected chi connectivity index (χ2v) is 5.77. The maximum Gasteiger partial charge on any atom is 0.417 e. The zero-order chi connectivity index (χ0) is 18.4. The van der Waals surface area contributed by atoms with Gasteiger partial charge >= 0.3 is 6.09 Å². The highest BCUT2D eigenvalue weighted by Crippen LogP contribution is 2.17. The molecule has 1 saturated heterocycles. The van der Waals surface area contributed by atoms with Gasteiger partial charge in [0.25, 0.3) is 5.91 Å². The number of cyclic esters (lactones) is 1. The van der Waals surface area contributed by atoms with Crippen molar-refractivity contribution in [1.82, 2.24) is 10.2 Å². The number of amides is 3. The molecular weight excluding hydrogens is 332 g/mol. The van der Waals surface area contributed by atoms with Gasteiger partial charge in [-0.05, 0) is 17.2 Å². The van der Waals surface area contributed by atoms with Crippen molar-refractivity contribution in [3.8, 4) is 0 Å². The van der Waals surface area contributed by atoms with Crippen LogP contribution in [0.5, 0.6) is 0 Å². The molecule has 26 heavy (non-hydrogen) atoms. The van der Waals surface area contributed by atoms with Crippen molar-refractivity contribution in [1.29, 1.82) is 0 Å². The molecule has 1 unspecified atom stereocenters. The van der Waals surface area contributed by atoms with Crippen LogP contribution in [0.15, 0.2) is 66.7 Å². The smallest absolute Gasteiger partial charge is 0.417 e. The van der Waals surface area contributed by atoms with Crippen LogP contribution in [0.25, 0.3) is 6.08 Å². The summed E-state index contributed by atoms with van der Waals surface area (Å²) >= 11 is 0. The summed E-state index contributed by atoms with van der Waals surface area (Å²) in [5, 5.41) is 2.84. The molecule has 1 aliphatic rings. The summed E-state index contributed by atoms with van der Waals surface area (Å²) in [6, 6.07) is 18.1. The van der Waals surface area contributed by atoms with E-state index in [2.05, 4.69) is 5.32 Å². The van der Waals surface area contributed by atoms with E-state index in [9.17, 15) is 14.4 Å². The lowest BCUT2D eigenvalue weighted by Gasteiger charge is -2.22. The normalized spacial score (nSPS) is 15.2. The quantitative estimate of drug-likeness (QED) is 0.813. The summed E-state index contributed by atoms with van der Waals surface area (Å²) in [7, 11) is 0. The van der Waals surface area contributed by atoms with Gasteiger partial charge in [-0.3, -0.25) is 9.59 Å². The zero-order valence-corrected chi connectivity index (χ0v) is 14.0. The Morgan fingerprint density at radius 2 is 1.73 bits per heavy atom. The fraction of sp³-hybridized carbons (Fsp3) is 0.150. The van der Waals surface area contributed by atoms with Crippen molar-refractivity contribution >= 4 is 24.0 Å². The number of carbonyl (C=O) groups is 3. The average Bonchev–Trinajstić information content (AvgIpc) is 2.99. The second kappa shape index (κ2) is 8.11. The molecule has 3 rings (SSSR count). The molecule has 0 bridgehead atoms.